The molecule has 0 spiro atoms. The smallest absolute Gasteiger partial charge is 0.244 e. The summed E-state index contributed by atoms with van der Waals surface area (Å²) in [6, 6.07) is 1.19. The summed E-state index contributed by atoms with van der Waals surface area (Å²) in [7, 11) is 0. The van der Waals surface area contributed by atoms with Crippen molar-refractivity contribution in [2.45, 2.75) is 19.4 Å². The predicted octanol–water partition coefficient (Wildman–Crippen LogP) is -0.145. The van der Waals surface area contributed by atoms with Gasteiger partial charge in [-0.15, -0.1) is 0 Å². The summed E-state index contributed by atoms with van der Waals surface area (Å²) in [6.07, 6.45) is 0.192. The van der Waals surface area contributed by atoms with E-state index in [1.807, 2.05) is 0 Å². The van der Waals surface area contributed by atoms with Gasteiger partial charge in [0.25, 0.3) is 0 Å². The van der Waals surface area contributed by atoms with Crippen LogP contribution in [0.5, 0.6) is 0 Å². The van der Waals surface area contributed by atoms with Gasteiger partial charge in [0.1, 0.15) is 16.8 Å². The van der Waals surface area contributed by atoms with E-state index >= 15 is 0 Å². The summed E-state index contributed by atoms with van der Waals surface area (Å²) in [5.74, 6) is 0.703. The van der Waals surface area contributed by atoms with Gasteiger partial charge in [0, 0.05) is 19.2 Å². The fraction of sp³-hybridized carbons (Fsp3) is 0.455. The van der Waals surface area contributed by atoms with Gasteiger partial charge in [-0.3, -0.25) is 14.9 Å². The average Bonchev–Trinajstić information content (AvgIpc) is 2.62. The highest BCUT2D eigenvalue weighted by Crippen LogP contribution is 2.10. The lowest BCUT2D eigenvalue weighted by Gasteiger charge is -2.10. The molecular weight excluding hydrogens is 270 g/mol. The number of carbonyl (C=O) groups is 2. The van der Waals surface area contributed by atoms with E-state index in [0.717, 1.165) is 0 Å². The number of hydrogen-bond acceptors (Lipinski definition) is 6. The van der Waals surface area contributed by atoms with E-state index in [1.165, 1.54) is 0 Å². The molecule has 1 unspecified atom stereocenters. The molecule has 1 aromatic rings. The van der Waals surface area contributed by atoms with Crippen molar-refractivity contribution >= 4 is 29.2 Å². The van der Waals surface area contributed by atoms with Crippen molar-refractivity contribution < 1.29 is 9.59 Å². The highest BCUT2D eigenvalue weighted by Gasteiger charge is 2.29. The van der Waals surface area contributed by atoms with Gasteiger partial charge in [0.05, 0.1) is 12.5 Å². The summed E-state index contributed by atoms with van der Waals surface area (Å²) in [5, 5.41) is 8.67. The van der Waals surface area contributed by atoms with E-state index in [4.69, 9.17) is 11.6 Å². The van der Waals surface area contributed by atoms with Crippen LogP contribution in [-0.4, -0.2) is 40.9 Å². The SMILES string of the molecule is Cc1nc(Cl)cc(NCCNC2CC(=O)NC2=O)n1. The van der Waals surface area contributed by atoms with Crippen LogP contribution in [0.15, 0.2) is 6.07 Å². The number of halogens is 1. The number of rotatable bonds is 5. The van der Waals surface area contributed by atoms with E-state index in [-0.39, 0.29) is 18.2 Å². The quantitative estimate of drug-likeness (QED) is 0.395. The van der Waals surface area contributed by atoms with Crippen LogP contribution in [0.1, 0.15) is 12.2 Å². The third-order valence-electron chi connectivity index (χ3n) is 2.60. The van der Waals surface area contributed by atoms with Crippen LogP contribution in [0.4, 0.5) is 5.82 Å². The highest BCUT2D eigenvalue weighted by atomic mass is 35.5. The van der Waals surface area contributed by atoms with Gasteiger partial charge >= 0.3 is 0 Å². The first-order valence-electron chi connectivity index (χ1n) is 5.87. The van der Waals surface area contributed by atoms with Crippen LogP contribution in [0.25, 0.3) is 0 Å². The topological polar surface area (TPSA) is 96.0 Å². The van der Waals surface area contributed by atoms with Crippen LogP contribution in [0.3, 0.4) is 0 Å². The number of aromatic nitrogens is 2. The van der Waals surface area contributed by atoms with Crippen LogP contribution in [-0.2, 0) is 9.59 Å². The van der Waals surface area contributed by atoms with Crippen molar-refractivity contribution in [2.24, 2.45) is 0 Å². The van der Waals surface area contributed by atoms with Crippen molar-refractivity contribution in [1.29, 1.82) is 0 Å². The Balaban J connectivity index is 1.75. The molecule has 0 aromatic carbocycles. The zero-order chi connectivity index (χ0) is 13.8. The molecule has 2 heterocycles. The number of imide groups is 1. The van der Waals surface area contributed by atoms with Crippen molar-refractivity contribution in [3.05, 3.63) is 17.0 Å². The molecule has 1 aliphatic rings. The lowest BCUT2D eigenvalue weighted by molar-refractivity contribution is -0.125. The number of nitrogens with zero attached hydrogens (tertiary/aromatic N) is 2. The number of carbonyl (C=O) groups excluding carboxylic acids is 2. The van der Waals surface area contributed by atoms with Crippen LogP contribution >= 0.6 is 11.6 Å². The molecule has 2 amide bonds. The maximum atomic E-state index is 11.3. The van der Waals surface area contributed by atoms with Crippen molar-refractivity contribution in [1.82, 2.24) is 20.6 Å². The van der Waals surface area contributed by atoms with Crippen molar-refractivity contribution in [3.8, 4) is 0 Å². The Kier molecular flexibility index (Phi) is 4.28. The third kappa shape index (κ3) is 3.87. The second-order valence-electron chi connectivity index (χ2n) is 4.17. The van der Waals surface area contributed by atoms with E-state index in [0.29, 0.717) is 29.9 Å². The number of amides is 2. The maximum absolute atomic E-state index is 11.3. The molecule has 1 atom stereocenters. The Bertz CT molecular complexity index is 488. The second-order valence-corrected chi connectivity index (χ2v) is 4.56. The maximum Gasteiger partial charge on any atom is 0.244 e. The Morgan fingerprint density at radius 2 is 2.21 bits per heavy atom. The summed E-state index contributed by atoms with van der Waals surface area (Å²) in [4.78, 5) is 30.4. The molecule has 7 nitrogen and oxygen atoms in total. The zero-order valence-corrected chi connectivity index (χ0v) is 11.1. The fourth-order valence-corrected chi connectivity index (χ4v) is 2.00. The van der Waals surface area contributed by atoms with Gasteiger partial charge in [0.15, 0.2) is 0 Å². The van der Waals surface area contributed by atoms with Gasteiger partial charge in [-0.25, -0.2) is 9.97 Å². The molecule has 0 bridgehead atoms. The third-order valence-corrected chi connectivity index (χ3v) is 2.79. The van der Waals surface area contributed by atoms with Gasteiger partial charge in [0.2, 0.25) is 11.8 Å². The molecule has 3 N–H and O–H groups in total. The summed E-state index contributed by atoms with van der Waals surface area (Å²) < 4.78 is 0. The Labute approximate surface area is 115 Å². The molecule has 1 aliphatic heterocycles. The first-order valence-corrected chi connectivity index (χ1v) is 6.24. The first kappa shape index (κ1) is 13.7. The lowest BCUT2D eigenvalue weighted by Crippen LogP contribution is -2.38. The van der Waals surface area contributed by atoms with Crippen molar-refractivity contribution in [3.63, 3.8) is 0 Å². The minimum atomic E-state index is -0.440. The molecule has 8 heteroatoms. The predicted molar refractivity (Wildman–Crippen MR) is 69.8 cm³/mol. The minimum absolute atomic E-state index is 0.192. The molecule has 0 aliphatic carbocycles. The average molecular weight is 284 g/mol. The van der Waals surface area contributed by atoms with Crippen LogP contribution in [0, 0.1) is 6.92 Å². The van der Waals surface area contributed by atoms with Gasteiger partial charge in [-0.2, -0.15) is 0 Å². The molecule has 0 radical (unpaired) electrons. The molecule has 2 rings (SSSR count). The number of anilines is 1. The monoisotopic (exact) mass is 283 g/mol. The first-order chi connectivity index (χ1) is 9.04. The Morgan fingerprint density at radius 1 is 1.42 bits per heavy atom. The van der Waals surface area contributed by atoms with E-state index in [1.54, 1.807) is 13.0 Å². The fourth-order valence-electron chi connectivity index (χ4n) is 1.78. The molecule has 1 aromatic heterocycles. The summed E-state index contributed by atoms with van der Waals surface area (Å²) in [6.45, 7) is 2.85. The van der Waals surface area contributed by atoms with Gasteiger partial charge in [-0.1, -0.05) is 11.6 Å². The normalized spacial score (nSPS) is 18.5. The standard InChI is InChI=1S/C11H14ClN5O2/c1-6-15-8(12)5-9(16-6)14-3-2-13-7-4-10(18)17-11(7)19/h5,7,13H,2-4H2,1H3,(H,14,15,16)(H,17,18,19). The van der Waals surface area contributed by atoms with Gasteiger partial charge in [-0.05, 0) is 6.92 Å². The van der Waals surface area contributed by atoms with E-state index in [9.17, 15) is 9.59 Å². The summed E-state index contributed by atoms with van der Waals surface area (Å²) in [5.41, 5.74) is 0. The lowest BCUT2D eigenvalue weighted by atomic mass is 10.2. The number of aryl methyl sites for hydroxylation is 1. The number of nitrogens with one attached hydrogen (secondary N) is 3. The summed E-state index contributed by atoms with van der Waals surface area (Å²) >= 11 is 5.80. The molecule has 0 saturated carbocycles. The molecule has 19 heavy (non-hydrogen) atoms. The van der Waals surface area contributed by atoms with Crippen LogP contribution < -0.4 is 16.0 Å². The zero-order valence-electron chi connectivity index (χ0n) is 10.4. The number of hydrogen-bond donors (Lipinski definition) is 3. The van der Waals surface area contributed by atoms with Crippen molar-refractivity contribution in [2.75, 3.05) is 18.4 Å². The molecular formula is C11H14ClN5O2. The largest absolute Gasteiger partial charge is 0.369 e. The molecule has 1 saturated heterocycles. The van der Waals surface area contributed by atoms with E-state index < -0.39 is 6.04 Å². The second kappa shape index (κ2) is 5.94. The van der Waals surface area contributed by atoms with Crippen LogP contribution in [0.2, 0.25) is 5.15 Å². The Morgan fingerprint density at radius 3 is 2.84 bits per heavy atom. The van der Waals surface area contributed by atoms with Gasteiger partial charge < -0.3 is 10.6 Å². The minimum Gasteiger partial charge on any atom is -0.369 e. The Hall–Kier alpha value is -1.73. The highest BCUT2D eigenvalue weighted by molar-refractivity contribution is 6.29. The molecule has 1 fully saturated rings. The molecule has 102 valence electrons. The van der Waals surface area contributed by atoms with E-state index in [2.05, 4.69) is 25.9 Å².